The second-order valence-electron chi connectivity index (χ2n) is 4.20. The van der Waals surface area contributed by atoms with Crippen LogP contribution in [0.2, 0.25) is 0 Å². The van der Waals surface area contributed by atoms with Crippen molar-refractivity contribution in [1.82, 2.24) is 0 Å². The summed E-state index contributed by atoms with van der Waals surface area (Å²) in [4.78, 5) is 0. The molecule has 2 aromatic carbocycles. The van der Waals surface area contributed by atoms with Crippen molar-refractivity contribution in [1.29, 1.82) is 0 Å². The third-order valence-electron chi connectivity index (χ3n) is 2.79. The Morgan fingerprint density at radius 3 is 1.45 bits per heavy atom. The van der Waals surface area contributed by atoms with Crippen LogP contribution in [0.5, 0.6) is 23.0 Å². The first kappa shape index (κ1) is 14.9. The Balaban J connectivity index is 1.88. The summed E-state index contributed by atoms with van der Waals surface area (Å²) >= 11 is 0. The highest BCUT2D eigenvalue weighted by molar-refractivity contribution is 7.51. The number of hydrogen-bond donors (Lipinski definition) is 4. The fourth-order valence-corrected chi connectivity index (χ4v) is 4.30. The zero-order valence-corrected chi connectivity index (χ0v) is 12.7. The first-order valence-electron chi connectivity index (χ1n) is 6.09. The van der Waals surface area contributed by atoms with Gasteiger partial charge in [0.1, 0.15) is 0 Å². The summed E-state index contributed by atoms with van der Waals surface area (Å²) in [7, 11) is 0.797. The van der Waals surface area contributed by atoms with E-state index in [9.17, 15) is 20.4 Å². The number of phenols is 4. The van der Waals surface area contributed by atoms with E-state index >= 15 is 0 Å². The van der Waals surface area contributed by atoms with E-state index in [2.05, 4.69) is 0 Å². The number of phenolic OH excluding ortho intramolecular Hbond substituents is 4. The third-order valence-corrected chi connectivity index (χ3v) is 5.85. The Bertz CT molecular complexity index is 548. The van der Waals surface area contributed by atoms with E-state index in [4.69, 9.17) is 0 Å². The van der Waals surface area contributed by atoms with Gasteiger partial charge in [-0.05, 0) is 24.5 Å². The molecule has 0 saturated heterocycles. The summed E-state index contributed by atoms with van der Waals surface area (Å²) in [6, 6.07) is 9.91. The quantitative estimate of drug-likeness (QED) is 0.386. The molecule has 0 heterocycles. The molecule has 0 aliphatic carbocycles. The molecular formula is C14H16O4P2. The Morgan fingerprint density at radius 2 is 1.05 bits per heavy atom. The largest absolute Gasteiger partial charge is 0.504 e. The Labute approximate surface area is 120 Å². The molecule has 0 aliphatic heterocycles. The topological polar surface area (TPSA) is 80.9 Å². The zero-order chi connectivity index (χ0) is 14.5. The van der Waals surface area contributed by atoms with E-state index in [1.807, 2.05) is 0 Å². The molecule has 4 N–H and O–H groups in total. The van der Waals surface area contributed by atoms with Crippen molar-refractivity contribution in [2.45, 2.75) is 0 Å². The fraction of sp³-hybridized carbons (Fsp3) is 0.143. The van der Waals surface area contributed by atoms with Crippen LogP contribution in [-0.2, 0) is 0 Å². The minimum atomic E-state index is -0.0944. The molecule has 0 bridgehead atoms. The van der Waals surface area contributed by atoms with Crippen LogP contribution in [0.25, 0.3) is 0 Å². The molecule has 0 aliphatic rings. The lowest BCUT2D eigenvalue weighted by molar-refractivity contribution is 0.407. The smallest absolute Gasteiger partial charge is 0.164 e. The molecule has 0 spiro atoms. The van der Waals surface area contributed by atoms with Crippen LogP contribution in [0.3, 0.4) is 0 Å². The molecule has 0 amide bonds. The maximum atomic E-state index is 9.68. The number of para-hydroxylation sites is 2. The van der Waals surface area contributed by atoms with Gasteiger partial charge in [0.25, 0.3) is 0 Å². The molecule has 4 nitrogen and oxygen atoms in total. The molecular weight excluding hydrogens is 294 g/mol. The van der Waals surface area contributed by atoms with Crippen LogP contribution in [0, 0.1) is 0 Å². The summed E-state index contributed by atoms with van der Waals surface area (Å²) in [6.45, 7) is 0. The van der Waals surface area contributed by atoms with Gasteiger partial charge in [0.05, 0.1) is 0 Å². The molecule has 2 rings (SSSR count). The second kappa shape index (κ2) is 6.78. The summed E-state index contributed by atoms with van der Waals surface area (Å²) < 4.78 is 0. The predicted molar refractivity (Wildman–Crippen MR) is 85.2 cm³/mol. The van der Waals surface area contributed by atoms with Gasteiger partial charge in [0, 0.05) is 10.6 Å². The van der Waals surface area contributed by atoms with Crippen LogP contribution in [0.1, 0.15) is 0 Å². The van der Waals surface area contributed by atoms with E-state index in [1.165, 1.54) is 12.1 Å². The monoisotopic (exact) mass is 310 g/mol. The Morgan fingerprint density at radius 1 is 0.650 bits per heavy atom. The molecule has 0 aromatic heterocycles. The SMILES string of the molecule is Oc1cccc(PCCPc2cccc(O)c2O)c1O. The van der Waals surface area contributed by atoms with E-state index in [1.54, 1.807) is 24.3 Å². The Kier molecular flexibility index (Phi) is 5.05. The molecule has 0 saturated carbocycles. The standard InChI is InChI=1S/C14H16O4P2/c15-9-3-1-5-11(13(9)17)19-7-8-20-12-6-2-4-10(16)14(12)18/h1-6,15-20H,7-8H2. The molecule has 0 fully saturated rings. The van der Waals surface area contributed by atoms with Crippen LogP contribution in [-0.4, -0.2) is 32.7 Å². The summed E-state index contributed by atoms with van der Waals surface area (Å²) in [5.74, 6) is -0.283. The van der Waals surface area contributed by atoms with Crippen LogP contribution in [0.4, 0.5) is 0 Å². The van der Waals surface area contributed by atoms with Gasteiger partial charge in [-0.2, -0.15) is 0 Å². The van der Waals surface area contributed by atoms with Gasteiger partial charge in [0.15, 0.2) is 23.0 Å². The van der Waals surface area contributed by atoms with Crippen molar-refractivity contribution in [3.63, 3.8) is 0 Å². The van der Waals surface area contributed by atoms with Crippen LogP contribution in [0.15, 0.2) is 36.4 Å². The molecule has 2 aromatic rings. The van der Waals surface area contributed by atoms with Gasteiger partial charge in [-0.25, -0.2) is 0 Å². The highest BCUT2D eigenvalue weighted by Crippen LogP contribution is 2.30. The fourth-order valence-electron chi connectivity index (χ4n) is 1.74. The average Bonchev–Trinajstić information content (AvgIpc) is 2.43. The third kappa shape index (κ3) is 3.53. The highest BCUT2D eigenvalue weighted by atomic mass is 31.1. The average molecular weight is 310 g/mol. The number of benzene rings is 2. The minimum absolute atomic E-state index is 0.0469. The van der Waals surface area contributed by atoms with Gasteiger partial charge >= 0.3 is 0 Å². The van der Waals surface area contributed by atoms with E-state index in [-0.39, 0.29) is 23.0 Å². The van der Waals surface area contributed by atoms with Gasteiger partial charge in [-0.3, -0.25) is 0 Å². The maximum absolute atomic E-state index is 9.68. The van der Waals surface area contributed by atoms with E-state index in [0.717, 1.165) is 22.9 Å². The zero-order valence-electron chi connectivity index (χ0n) is 10.7. The first-order chi connectivity index (χ1) is 9.59. The molecule has 2 unspecified atom stereocenters. The second-order valence-corrected chi connectivity index (χ2v) is 6.98. The van der Waals surface area contributed by atoms with E-state index in [0.29, 0.717) is 17.2 Å². The molecule has 106 valence electrons. The lowest BCUT2D eigenvalue weighted by Gasteiger charge is -2.08. The maximum Gasteiger partial charge on any atom is 0.164 e. The summed E-state index contributed by atoms with van der Waals surface area (Å²) in [5.41, 5.74) is 0. The van der Waals surface area contributed by atoms with Crippen LogP contribution >= 0.6 is 17.2 Å². The van der Waals surface area contributed by atoms with Gasteiger partial charge < -0.3 is 20.4 Å². The van der Waals surface area contributed by atoms with Crippen molar-refractivity contribution in [2.75, 3.05) is 12.3 Å². The molecule has 0 radical (unpaired) electrons. The summed E-state index contributed by atoms with van der Waals surface area (Å²) in [5, 5.41) is 39.6. The number of rotatable bonds is 5. The van der Waals surface area contributed by atoms with Crippen LogP contribution < -0.4 is 10.6 Å². The minimum Gasteiger partial charge on any atom is -0.504 e. The van der Waals surface area contributed by atoms with Gasteiger partial charge in [-0.15, -0.1) is 0 Å². The highest BCUT2D eigenvalue weighted by Gasteiger charge is 2.07. The van der Waals surface area contributed by atoms with Crippen molar-refractivity contribution in [3.05, 3.63) is 36.4 Å². The predicted octanol–water partition coefficient (Wildman–Crippen LogP) is 1.82. The van der Waals surface area contributed by atoms with Gasteiger partial charge in [0.2, 0.25) is 0 Å². The van der Waals surface area contributed by atoms with E-state index < -0.39 is 0 Å². The lowest BCUT2D eigenvalue weighted by Crippen LogP contribution is -2.00. The number of aromatic hydroxyl groups is 4. The van der Waals surface area contributed by atoms with Crippen molar-refractivity contribution < 1.29 is 20.4 Å². The molecule has 2 atom stereocenters. The first-order valence-corrected chi connectivity index (χ1v) is 8.50. The van der Waals surface area contributed by atoms with Gasteiger partial charge in [-0.1, -0.05) is 41.4 Å². The molecule has 6 heteroatoms. The molecule has 20 heavy (non-hydrogen) atoms. The Hall–Kier alpha value is -1.50. The normalized spacial score (nSPS) is 11.8. The van der Waals surface area contributed by atoms with Crippen molar-refractivity contribution >= 4 is 27.8 Å². The van der Waals surface area contributed by atoms with Crippen molar-refractivity contribution in [3.8, 4) is 23.0 Å². The number of hydrogen-bond acceptors (Lipinski definition) is 4. The summed E-state index contributed by atoms with van der Waals surface area (Å²) in [6.07, 6.45) is 1.70. The van der Waals surface area contributed by atoms with Crippen molar-refractivity contribution in [2.24, 2.45) is 0 Å². The lowest BCUT2D eigenvalue weighted by atomic mass is 10.3.